The van der Waals surface area contributed by atoms with Crippen LogP contribution in [0.4, 0.5) is 5.69 Å². The van der Waals surface area contributed by atoms with Gasteiger partial charge in [-0.25, -0.2) is 0 Å². The number of hydrogen-bond acceptors (Lipinski definition) is 4. The first-order valence-electron chi connectivity index (χ1n) is 6.53. The number of carbonyl (C=O) groups is 1. The summed E-state index contributed by atoms with van der Waals surface area (Å²) in [6, 6.07) is 10.9. The average Bonchev–Trinajstić information content (AvgIpc) is 2.92. The van der Waals surface area contributed by atoms with E-state index in [0.29, 0.717) is 18.0 Å². The van der Waals surface area contributed by atoms with Crippen molar-refractivity contribution in [2.45, 2.75) is 6.92 Å². The highest BCUT2D eigenvalue weighted by molar-refractivity contribution is 9.11. The molecule has 0 fully saturated rings. The first kappa shape index (κ1) is 16.3. The van der Waals surface area contributed by atoms with Crippen LogP contribution in [0.15, 0.2) is 45.1 Å². The number of halogens is 1. The molecule has 1 N–H and O–H groups in total. The van der Waals surface area contributed by atoms with E-state index in [1.54, 1.807) is 24.3 Å². The molecule has 0 bridgehead atoms. The normalized spacial score (nSPS) is 10.9. The van der Waals surface area contributed by atoms with E-state index in [9.17, 15) is 10.1 Å². The van der Waals surface area contributed by atoms with Crippen LogP contribution >= 0.6 is 27.3 Å². The number of thiophene rings is 1. The Morgan fingerprint density at radius 3 is 2.91 bits per heavy atom. The van der Waals surface area contributed by atoms with E-state index in [-0.39, 0.29) is 5.57 Å². The van der Waals surface area contributed by atoms with E-state index in [4.69, 9.17) is 4.74 Å². The lowest BCUT2D eigenvalue weighted by Gasteiger charge is -2.10. The molecule has 1 aromatic carbocycles. The Labute approximate surface area is 141 Å². The van der Waals surface area contributed by atoms with Crippen molar-refractivity contribution in [1.82, 2.24) is 0 Å². The first-order chi connectivity index (χ1) is 10.6. The zero-order chi connectivity index (χ0) is 15.9. The summed E-state index contributed by atoms with van der Waals surface area (Å²) in [6.07, 6.45) is 1.56. The number of ether oxygens (including phenoxy) is 1. The van der Waals surface area contributed by atoms with Crippen molar-refractivity contribution >= 4 is 44.9 Å². The summed E-state index contributed by atoms with van der Waals surface area (Å²) < 4.78 is 6.39. The third kappa shape index (κ3) is 4.20. The summed E-state index contributed by atoms with van der Waals surface area (Å²) in [4.78, 5) is 12.2. The molecule has 0 radical (unpaired) electrons. The van der Waals surface area contributed by atoms with Crippen LogP contribution in [-0.2, 0) is 4.79 Å². The summed E-state index contributed by atoms with van der Waals surface area (Å²) in [7, 11) is 0. The molecular weight excluding hydrogens is 364 g/mol. The van der Waals surface area contributed by atoms with Gasteiger partial charge in [0.2, 0.25) is 0 Å². The Morgan fingerprint density at radius 1 is 1.50 bits per heavy atom. The largest absolute Gasteiger partial charge is 0.492 e. The molecule has 2 aromatic rings. The number of rotatable bonds is 5. The van der Waals surface area contributed by atoms with Gasteiger partial charge >= 0.3 is 0 Å². The molecule has 1 heterocycles. The van der Waals surface area contributed by atoms with Gasteiger partial charge < -0.3 is 10.1 Å². The minimum absolute atomic E-state index is 0.0385. The van der Waals surface area contributed by atoms with Crippen molar-refractivity contribution < 1.29 is 9.53 Å². The molecule has 112 valence electrons. The van der Waals surface area contributed by atoms with Crippen LogP contribution in [0.5, 0.6) is 5.75 Å². The lowest BCUT2D eigenvalue weighted by molar-refractivity contribution is -0.112. The molecule has 2 rings (SSSR count). The molecule has 0 atom stereocenters. The second-order valence-corrected chi connectivity index (χ2v) is 6.53. The fourth-order valence-electron chi connectivity index (χ4n) is 1.76. The smallest absolute Gasteiger partial charge is 0.266 e. The van der Waals surface area contributed by atoms with E-state index < -0.39 is 5.91 Å². The van der Waals surface area contributed by atoms with Gasteiger partial charge in [-0.15, -0.1) is 11.3 Å². The van der Waals surface area contributed by atoms with Gasteiger partial charge in [0.15, 0.2) is 0 Å². The van der Waals surface area contributed by atoms with Gasteiger partial charge in [0.05, 0.1) is 16.1 Å². The van der Waals surface area contributed by atoms with Gasteiger partial charge in [0.1, 0.15) is 17.4 Å². The van der Waals surface area contributed by atoms with Crippen molar-refractivity contribution in [1.29, 1.82) is 5.26 Å². The molecule has 0 aliphatic heterocycles. The number of hydrogen-bond donors (Lipinski definition) is 1. The zero-order valence-corrected chi connectivity index (χ0v) is 14.2. The summed E-state index contributed by atoms with van der Waals surface area (Å²) in [5.74, 6) is 0.117. The molecular formula is C16H13BrN2O2S. The van der Waals surface area contributed by atoms with Crippen molar-refractivity contribution in [2.75, 3.05) is 11.9 Å². The van der Waals surface area contributed by atoms with E-state index in [1.165, 1.54) is 11.3 Å². The first-order valence-corrected chi connectivity index (χ1v) is 8.20. The Balaban J connectivity index is 2.20. The van der Waals surface area contributed by atoms with Gasteiger partial charge in [-0.05, 0) is 58.1 Å². The molecule has 1 amide bonds. The van der Waals surface area contributed by atoms with E-state index in [2.05, 4.69) is 21.2 Å². The third-order valence-electron chi connectivity index (χ3n) is 2.70. The highest BCUT2D eigenvalue weighted by atomic mass is 79.9. The van der Waals surface area contributed by atoms with Crippen LogP contribution in [0.3, 0.4) is 0 Å². The molecule has 6 heteroatoms. The predicted molar refractivity (Wildman–Crippen MR) is 91.8 cm³/mol. The third-order valence-corrected chi connectivity index (χ3v) is 4.22. The maximum atomic E-state index is 12.2. The van der Waals surface area contributed by atoms with Gasteiger partial charge in [-0.3, -0.25) is 4.79 Å². The second kappa shape index (κ2) is 7.78. The second-order valence-electron chi connectivity index (χ2n) is 4.24. The molecule has 0 unspecified atom stereocenters. The summed E-state index contributed by atoms with van der Waals surface area (Å²) >= 11 is 4.84. The highest BCUT2D eigenvalue weighted by Crippen LogP contribution is 2.25. The monoisotopic (exact) mass is 376 g/mol. The number of nitrogens with one attached hydrogen (secondary N) is 1. The number of nitrogens with zero attached hydrogens (tertiary/aromatic N) is 1. The standard InChI is InChI=1S/C16H13BrN2O2S/c1-2-21-14-6-4-3-5-13(14)19-16(20)12(9-18)7-11-8-15(17)22-10-11/h3-8,10H,2H2,1H3,(H,19,20)/b12-7-. The van der Waals surface area contributed by atoms with Crippen molar-refractivity contribution in [2.24, 2.45) is 0 Å². The number of carbonyl (C=O) groups excluding carboxylic acids is 1. The van der Waals surface area contributed by atoms with Gasteiger partial charge in [0.25, 0.3) is 5.91 Å². The Morgan fingerprint density at radius 2 is 2.27 bits per heavy atom. The number of anilines is 1. The molecule has 0 saturated carbocycles. The van der Waals surface area contributed by atoms with Crippen LogP contribution in [-0.4, -0.2) is 12.5 Å². The Kier molecular flexibility index (Phi) is 5.75. The van der Waals surface area contributed by atoms with Gasteiger partial charge in [0, 0.05) is 0 Å². The van der Waals surface area contributed by atoms with E-state index in [0.717, 1.165) is 9.35 Å². The van der Waals surface area contributed by atoms with Gasteiger partial charge in [-0.2, -0.15) is 5.26 Å². The highest BCUT2D eigenvalue weighted by Gasteiger charge is 2.12. The van der Waals surface area contributed by atoms with E-state index in [1.807, 2.05) is 30.5 Å². The fraction of sp³-hybridized carbons (Fsp3) is 0.125. The quantitative estimate of drug-likeness (QED) is 0.618. The fourth-order valence-corrected chi connectivity index (χ4v) is 2.89. The number of nitriles is 1. The van der Waals surface area contributed by atoms with Gasteiger partial charge in [-0.1, -0.05) is 12.1 Å². The van der Waals surface area contributed by atoms with Crippen LogP contribution in [0.1, 0.15) is 12.5 Å². The van der Waals surface area contributed by atoms with Crippen LogP contribution < -0.4 is 10.1 Å². The maximum absolute atomic E-state index is 12.2. The zero-order valence-electron chi connectivity index (χ0n) is 11.8. The number of para-hydroxylation sites is 2. The lowest BCUT2D eigenvalue weighted by Crippen LogP contribution is -2.14. The molecule has 4 nitrogen and oxygen atoms in total. The number of benzene rings is 1. The Hall–Kier alpha value is -2.10. The summed E-state index contributed by atoms with van der Waals surface area (Å²) in [5, 5.41) is 13.8. The van der Waals surface area contributed by atoms with Crippen molar-refractivity contribution in [3.05, 3.63) is 50.6 Å². The van der Waals surface area contributed by atoms with Crippen molar-refractivity contribution in [3.8, 4) is 11.8 Å². The van der Waals surface area contributed by atoms with Crippen LogP contribution in [0, 0.1) is 11.3 Å². The maximum Gasteiger partial charge on any atom is 0.266 e. The van der Waals surface area contributed by atoms with Crippen molar-refractivity contribution in [3.63, 3.8) is 0 Å². The molecule has 0 aliphatic rings. The summed E-state index contributed by atoms with van der Waals surface area (Å²) in [5.41, 5.74) is 1.39. The minimum atomic E-state index is -0.461. The molecule has 22 heavy (non-hydrogen) atoms. The average molecular weight is 377 g/mol. The lowest BCUT2D eigenvalue weighted by atomic mass is 10.2. The summed E-state index contributed by atoms with van der Waals surface area (Å²) in [6.45, 7) is 2.37. The molecule has 0 saturated heterocycles. The molecule has 0 aliphatic carbocycles. The Bertz CT molecular complexity index is 747. The van der Waals surface area contributed by atoms with Crippen LogP contribution in [0.2, 0.25) is 0 Å². The molecule has 1 aromatic heterocycles. The SMILES string of the molecule is CCOc1ccccc1NC(=O)/C(C#N)=C\c1csc(Br)c1. The number of amides is 1. The van der Waals surface area contributed by atoms with Crippen LogP contribution in [0.25, 0.3) is 6.08 Å². The predicted octanol–water partition coefficient (Wildman–Crippen LogP) is 4.45. The minimum Gasteiger partial charge on any atom is -0.492 e. The molecule has 0 spiro atoms. The van der Waals surface area contributed by atoms with E-state index >= 15 is 0 Å². The topological polar surface area (TPSA) is 62.1 Å².